The van der Waals surface area contributed by atoms with Gasteiger partial charge in [-0.15, -0.1) is 0 Å². The molecule has 1 amide bonds. The lowest BCUT2D eigenvalue weighted by Gasteiger charge is -2.34. The molecule has 0 aromatic heterocycles. The quantitative estimate of drug-likeness (QED) is 0.753. The van der Waals surface area contributed by atoms with Gasteiger partial charge < -0.3 is 10.6 Å². The van der Waals surface area contributed by atoms with Crippen molar-refractivity contribution in [2.45, 2.75) is 52.5 Å². The molecule has 2 N–H and O–H groups in total. The minimum absolute atomic E-state index is 0.142. The first-order valence-electron chi connectivity index (χ1n) is 6.64. The Hall–Kier alpha value is -0.570. The number of amides is 1. The molecule has 0 aromatic rings. The monoisotopic (exact) mass is 226 g/mol. The van der Waals surface area contributed by atoms with Crippen LogP contribution in [0.5, 0.6) is 0 Å². The van der Waals surface area contributed by atoms with E-state index in [2.05, 4.69) is 13.8 Å². The summed E-state index contributed by atoms with van der Waals surface area (Å²) in [7, 11) is 0. The highest BCUT2D eigenvalue weighted by molar-refractivity contribution is 5.81. The number of likely N-dealkylation sites (N-methyl/N-ethyl adjacent to an activating group) is 1. The Kier molecular flexibility index (Phi) is 5.26. The molecule has 1 aliphatic carbocycles. The second-order valence-electron chi connectivity index (χ2n) is 5.09. The smallest absolute Gasteiger partial charge is 0.239 e. The number of hydrogen-bond acceptors (Lipinski definition) is 2. The molecule has 0 aromatic carbocycles. The zero-order valence-corrected chi connectivity index (χ0v) is 10.9. The summed E-state index contributed by atoms with van der Waals surface area (Å²) in [5.74, 6) is 1.15. The van der Waals surface area contributed by atoms with E-state index in [-0.39, 0.29) is 17.9 Å². The van der Waals surface area contributed by atoms with E-state index in [0.717, 1.165) is 25.4 Å². The van der Waals surface area contributed by atoms with Crippen LogP contribution in [0.1, 0.15) is 46.5 Å². The van der Waals surface area contributed by atoms with Crippen LogP contribution in [0.3, 0.4) is 0 Å². The van der Waals surface area contributed by atoms with Gasteiger partial charge in [0.25, 0.3) is 0 Å². The molecule has 0 heterocycles. The minimum atomic E-state index is -0.315. The van der Waals surface area contributed by atoms with Crippen LogP contribution in [0.25, 0.3) is 0 Å². The molecule has 0 saturated heterocycles. The number of nitrogens with zero attached hydrogens (tertiary/aromatic N) is 1. The van der Waals surface area contributed by atoms with Gasteiger partial charge in [0, 0.05) is 13.1 Å². The van der Waals surface area contributed by atoms with E-state index in [9.17, 15) is 4.79 Å². The van der Waals surface area contributed by atoms with Crippen LogP contribution in [0.15, 0.2) is 0 Å². The molecule has 2 atom stereocenters. The Morgan fingerprint density at radius 2 is 2.06 bits per heavy atom. The van der Waals surface area contributed by atoms with E-state index >= 15 is 0 Å². The Morgan fingerprint density at radius 3 is 2.44 bits per heavy atom. The Bertz CT molecular complexity index is 226. The van der Waals surface area contributed by atoms with Gasteiger partial charge in [0.1, 0.15) is 0 Å². The van der Waals surface area contributed by atoms with Crippen molar-refractivity contribution in [3.63, 3.8) is 0 Å². The first kappa shape index (κ1) is 13.5. The first-order chi connectivity index (χ1) is 7.60. The molecular formula is C13H26N2O. The van der Waals surface area contributed by atoms with Crippen LogP contribution >= 0.6 is 0 Å². The summed E-state index contributed by atoms with van der Waals surface area (Å²) in [5, 5.41) is 0. The number of hydrogen-bond donors (Lipinski definition) is 1. The van der Waals surface area contributed by atoms with Crippen molar-refractivity contribution in [3.8, 4) is 0 Å². The maximum absolute atomic E-state index is 12.2. The molecule has 3 nitrogen and oxygen atoms in total. The van der Waals surface area contributed by atoms with Gasteiger partial charge in [-0.3, -0.25) is 4.79 Å². The number of rotatable bonds is 6. The molecule has 1 unspecified atom stereocenters. The zero-order valence-electron chi connectivity index (χ0n) is 10.9. The summed E-state index contributed by atoms with van der Waals surface area (Å²) in [4.78, 5) is 14.1. The summed E-state index contributed by atoms with van der Waals surface area (Å²) < 4.78 is 0. The third-order valence-electron chi connectivity index (χ3n) is 3.94. The lowest BCUT2D eigenvalue weighted by atomic mass is 9.85. The summed E-state index contributed by atoms with van der Waals surface area (Å²) in [6.07, 6.45) is 4.85. The summed E-state index contributed by atoms with van der Waals surface area (Å²) in [5.41, 5.74) is 5.99. The molecule has 16 heavy (non-hydrogen) atoms. The van der Waals surface area contributed by atoms with Crippen molar-refractivity contribution < 1.29 is 4.79 Å². The second kappa shape index (κ2) is 6.24. The highest BCUT2D eigenvalue weighted by Gasteiger charge is 2.27. The van der Waals surface area contributed by atoms with Gasteiger partial charge in [0.2, 0.25) is 5.91 Å². The van der Waals surface area contributed by atoms with E-state index in [1.807, 2.05) is 11.8 Å². The molecular weight excluding hydrogens is 200 g/mol. The van der Waals surface area contributed by atoms with Crippen molar-refractivity contribution in [2.75, 3.05) is 13.1 Å². The van der Waals surface area contributed by atoms with Crippen molar-refractivity contribution in [1.82, 2.24) is 4.90 Å². The van der Waals surface area contributed by atoms with Crippen LogP contribution in [0, 0.1) is 11.8 Å². The number of carbonyl (C=O) groups excluding carboxylic acids is 1. The van der Waals surface area contributed by atoms with Gasteiger partial charge in [0.15, 0.2) is 0 Å². The fourth-order valence-electron chi connectivity index (χ4n) is 2.07. The normalized spacial score (nSPS) is 20.0. The Morgan fingerprint density at radius 1 is 1.44 bits per heavy atom. The van der Waals surface area contributed by atoms with Gasteiger partial charge in [0.05, 0.1) is 6.04 Å². The predicted molar refractivity (Wildman–Crippen MR) is 67.0 cm³/mol. The average molecular weight is 226 g/mol. The molecule has 1 rings (SSSR count). The van der Waals surface area contributed by atoms with E-state index in [1.54, 1.807) is 0 Å². The van der Waals surface area contributed by atoms with Crippen LogP contribution < -0.4 is 5.73 Å². The highest BCUT2D eigenvalue weighted by atomic mass is 16.2. The maximum Gasteiger partial charge on any atom is 0.239 e. The van der Waals surface area contributed by atoms with E-state index in [4.69, 9.17) is 5.73 Å². The van der Waals surface area contributed by atoms with Gasteiger partial charge in [-0.05, 0) is 31.6 Å². The van der Waals surface area contributed by atoms with Gasteiger partial charge >= 0.3 is 0 Å². The largest absolute Gasteiger partial charge is 0.341 e. The van der Waals surface area contributed by atoms with Gasteiger partial charge in [-0.1, -0.05) is 26.7 Å². The summed E-state index contributed by atoms with van der Waals surface area (Å²) in [6, 6.07) is -0.315. The minimum Gasteiger partial charge on any atom is -0.341 e. The molecule has 0 spiro atoms. The second-order valence-corrected chi connectivity index (χ2v) is 5.09. The molecule has 3 heteroatoms. The van der Waals surface area contributed by atoms with Crippen LogP contribution in [-0.2, 0) is 4.79 Å². The SMILES string of the molecule is CCC(C)[C@H](N)C(=O)N(CC)CC1CCC1. The third kappa shape index (κ3) is 3.21. The fourth-order valence-corrected chi connectivity index (χ4v) is 2.07. The van der Waals surface area contributed by atoms with E-state index in [1.165, 1.54) is 19.3 Å². The lowest BCUT2D eigenvalue weighted by molar-refractivity contribution is -0.134. The van der Waals surface area contributed by atoms with E-state index in [0.29, 0.717) is 0 Å². The van der Waals surface area contributed by atoms with Crippen molar-refractivity contribution in [2.24, 2.45) is 17.6 Å². The number of carbonyl (C=O) groups is 1. The molecule has 1 saturated carbocycles. The molecule has 0 bridgehead atoms. The Labute approximate surface area is 99.4 Å². The first-order valence-corrected chi connectivity index (χ1v) is 6.64. The molecule has 94 valence electrons. The van der Waals surface area contributed by atoms with E-state index < -0.39 is 0 Å². The van der Waals surface area contributed by atoms with Crippen molar-refractivity contribution >= 4 is 5.91 Å². The summed E-state index contributed by atoms with van der Waals surface area (Å²) in [6.45, 7) is 7.89. The Balaban J connectivity index is 2.46. The van der Waals surface area contributed by atoms with Crippen molar-refractivity contribution in [1.29, 1.82) is 0 Å². The number of nitrogens with two attached hydrogens (primary N) is 1. The van der Waals surface area contributed by atoms with Gasteiger partial charge in [-0.25, -0.2) is 0 Å². The third-order valence-corrected chi connectivity index (χ3v) is 3.94. The molecule has 0 radical (unpaired) electrons. The van der Waals surface area contributed by atoms with Gasteiger partial charge in [-0.2, -0.15) is 0 Å². The highest BCUT2D eigenvalue weighted by Crippen LogP contribution is 2.27. The standard InChI is InChI=1S/C13H26N2O/c1-4-10(3)12(14)13(16)15(5-2)9-11-7-6-8-11/h10-12H,4-9,14H2,1-3H3/t10?,12-/m0/s1. The van der Waals surface area contributed by atoms with Crippen molar-refractivity contribution in [3.05, 3.63) is 0 Å². The summed E-state index contributed by atoms with van der Waals surface area (Å²) >= 11 is 0. The predicted octanol–water partition coefficient (Wildman–Crippen LogP) is 2.01. The average Bonchev–Trinajstić information content (AvgIpc) is 2.25. The van der Waals surface area contributed by atoms with Crippen LogP contribution in [-0.4, -0.2) is 29.9 Å². The molecule has 1 fully saturated rings. The molecule has 0 aliphatic heterocycles. The maximum atomic E-state index is 12.2. The molecule has 1 aliphatic rings. The fraction of sp³-hybridized carbons (Fsp3) is 0.923. The topological polar surface area (TPSA) is 46.3 Å². The zero-order chi connectivity index (χ0) is 12.1. The lowest BCUT2D eigenvalue weighted by Crippen LogP contribution is -2.49. The van der Waals surface area contributed by atoms with Crippen LogP contribution in [0.2, 0.25) is 0 Å². The van der Waals surface area contributed by atoms with Crippen LogP contribution in [0.4, 0.5) is 0 Å².